The van der Waals surface area contributed by atoms with E-state index < -0.39 is 0 Å². The van der Waals surface area contributed by atoms with Crippen molar-refractivity contribution in [1.82, 2.24) is 4.90 Å². The summed E-state index contributed by atoms with van der Waals surface area (Å²) in [4.78, 5) is 3.28. The van der Waals surface area contributed by atoms with Gasteiger partial charge in [-0.05, 0) is 32.9 Å². The monoisotopic (exact) mass is 247 g/mol. The molecule has 0 saturated heterocycles. The molecule has 0 spiro atoms. The van der Waals surface area contributed by atoms with Gasteiger partial charge in [-0.15, -0.1) is 0 Å². The molecule has 1 nitrogen and oxygen atoms in total. The van der Waals surface area contributed by atoms with Gasteiger partial charge in [-0.3, -0.25) is 0 Å². The summed E-state index contributed by atoms with van der Waals surface area (Å²) in [6, 6.07) is 0.792. The zero-order valence-corrected chi connectivity index (χ0v) is 10.5. The van der Waals surface area contributed by atoms with Gasteiger partial charge in [-0.1, -0.05) is 42.1 Å². The number of hydrogen-bond donors (Lipinski definition) is 0. The van der Waals surface area contributed by atoms with Crippen LogP contribution in [0.3, 0.4) is 0 Å². The Morgan fingerprint density at radius 3 is 2.62 bits per heavy atom. The normalized spacial score (nSPS) is 29.5. The number of hydrogen-bond acceptors (Lipinski definition) is 1. The largest absolute Gasteiger partial charge is 0.302 e. The van der Waals surface area contributed by atoms with Crippen LogP contribution in [-0.2, 0) is 0 Å². The summed E-state index contributed by atoms with van der Waals surface area (Å²) in [5, 5.41) is 0. The first-order valence-electron chi connectivity index (χ1n) is 5.60. The average molecular weight is 248 g/mol. The molecular weight excluding hydrogens is 226 g/mol. The van der Waals surface area contributed by atoms with E-state index in [-0.39, 0.29) is 0 Å². The van der Waals surface area contributed by atoms with Crippen LogP contribution in [0.5, 0.6) is 0 Å². The van der Waals surface area contributed by atoms with Crippen molar-refractivity contribution in [1.29, 1.82) is 0 Å². The van der Waals surface area contributed by atoms with Crippen molar-refractivity contribution in [2.45, 2.75) is 56.3 Å². The fourth-order valence-electron chi connectivity index (χ4n) is 2.14. The highest BCUT2D eigenvalue weighted by molar-refractivity contribution is 9.09. The molecule has 0 amide bonds. The molecule has 13 heavy (non-hydrogen) atoms. The summed E-state index contributed by atoms with van der Waals surface area (Å²) in [6.07, 6.45) is 8.23. The highest BCUT2D eigenvalue weighted by Gasteiger charge is 2.25. The van der Waals surface area contributed by atoms with Crippen LogP contribution in [0.2, 0.25) is 0 Å². The molecule has 1 saturated carbocycles. The molecule has 0 bridgehead atoms. The molecule has 2 heteroatoms. The van der Waals surface area contributed by atoms with E-state index in [9.17, 15) is 0 Å². The first kappa shape index (κ1) is 11.5. The molecule has 0 aliphatic heterocycles. The van der Waals surface area contributed by atoms with Crippen molar-refractivity contribution < 1.29 is 0 Å². The summed E-state index contributed by atoms with van der Waals surface area (Å²) in [5.74, 6) is 0. The van der Waals surface area contributed by atoms with Gasteiger partial charge in [-0.2, -0.15) is 0 Å². The van der Waals surface area contributed by atoms with Gasteiger partial charge in [0.1, 0.15) is 0 Å². The Bertz CT molecular complexity index is 138. The Labute approximate surface area is 91.0 Å². The van der Waals surface area contributed by atoms with E-state index in [0.29, 0.717) is 0 Å². The quantitative estimate of drug-likeness (QED) is 0.689. The zero-order chi connectivity index (χ0) is 9.68. The molecule has 2 unspecified atom stereocenters. The van der Waals surface area contributed by atoms with Crippen LogP contribution >= 0.6 is 15.9 Å². The van der Waals surface area contributed by atoms with Gasteiger partial charge in [0.25, 0.3) is 0 Å². The van der Waals surface area contributed by atoms with Gasteiger partial charge in [0.15, 0.2) is 0 Å². The second kappa shape index (κ2) is 6.02. The first-order chi connectivity index (χ1) is 6.25. The lowest BCUT2D eigenvalue weighted by Crippen LogP contribution is -2.41. The van der Waals surface area contributed by atoms with Crippen molar-refractivity contribution in [3.63, 3.8) is 0 Å². The minimum absolute atomic E-state index is 0.739. The molecule has 78 valence electrons. The van der Waals surface area contributed by atoms with Crippen molar-refractivity contribution in [3.05, 3.63) is 0 Å². The first-order valence-corrected chi connectivity index (χ1v) is 6.51. The summed E-state index contributed by atoms with van der Waals surface area (Å²) >= 11 is 3.81. The van der Waals surface area contributed by atoms with Crippen LogP contribution < -0.4 is 0 Å². The van der Waals surface area contributed by atoms with Crippen molar-refractivity contribution in [3.8, 4) is 0 Å². The molecule has 0 aromatic heterocycles. The molecule has 1 rings (SSSR count). The van der Waals surface area contributed by atoms with Crippen LogP contribution in [0.15, 0.2) is 0 Å². The lowest BCUT2D eigenvalue weighted by atomic mass is 9.94. The third-order valence-corrected chi connectivity index (χ3v) is 4.15. The Kier molecular flexibility index (Phi) is 5.34. The maximum atomic E-state index is 3.81. The Morgan fingerprint density at radius 1 is 1.31 bits per heavy atom. The van der Waals surface area contributed by atoms with Gasteiger partial charge in [0.05, 0.1) is 0 Å². The van der Waals surface area contributed by atoms with Gasteiger partial charge in [0, 0.05) is 10.9 Å². The third kappa shape index (κ3) is 3.59. The van der Waals surface area contributed by atoms with Gasteiger partial charge < -0.3 is 4.90 Å². The van der Waals surface area contributed by atoms with Gasteiger partial charge in [0.2, 0.25) is 0 Å². The second-order valence-electron chi connectivity index (χ2n) is 4.20. The second-order valence-corrected chi connectivity index (χ2v) is 5.38. The fourth-order valence-corrected chi connectivity index (χ4v) is 3.13. The maximum absolute atomic E-state index is 3.81. The molecule has 1 aliphatic rings. The number of unbranched alkanes of at least 4 members (excludes halogenated alkanes) is 1. The lowest BCUT2D eigenvalue weighted by Gasteiger charge is -2.35. The van der Waals surface area contributed by atoms with Gasteiger partial charge >= 0.3 is 0 Å². The number of alkyl halides is 1. The Balaban J connectivity index is 2.30. The molecule has 0 radical (unpaired) electrons. The van der Waals surface area contributed by atoms with E-state index in [1.54, 1.807) is 0 Å². The topological polar surface area (TPSA) is 3.24 Å². The zero-order valence-electron chi connectivity index (χ0n) is 8.93. The van der Waals surface area contributed by atoms with Crippen LogP contribution in [0.25, 0.3) is 0 Å². The minimum atomic E-state index is 0.739. The van der Waals surface area contributed by atoms with E-state index in [0.717, 1.165) is 10.9 Å². The molecular formula is C11H22BrN. The number of nitrogens with zero attached hydrogens (tertiary/aromatic N) is 1. The predicted octanol–water partition coefficient (Wildman–Crippen LogP) is 3.42. The van der Waals surface area contributed by atoms with Crippen molar-refractivity contribution in [2.24, 2.45) is 0 Å². The van der Waals surface area contributed by atoms with E-state index in [2.05, 4.69) is 34.8 Å². The minimum Gasteiger partial charge on any atom is -0.302 e. The SMILES string of the molecule is CCCCN(C)C1CCCCC1Br. The summed E-state index contributed by atoms with van der Waals surface area (Å²) in [7, 11) is 2.28. The third-order valence-electron chi connectivity index (χ3n) is 3.08. The predicted molar refractivity (Wildman–Crippen MR) is 62.5 cm³/mol. The molecule has 1 aliphatic carbocycles. The Hall–Kier alpha value is 0.440. The van der Waals surface area contributed by atoms with Crippen LogP contribution in [0, 0.1) is 0 Å². The van der Waals surface area contributed by atoms with E-state index in [1.165, 1.54) is 45.1 Å². The average Bonchev–Trinajstić information content (AvgIpc) is 2.15. The highest BCUT2D eigenvalue weighted by atomic mass is 79.9. The van der Waals surface area contributed by atoms with E-state index in [4.69, 9.17) is 0 Å². The van der Waals surface area contributed by atoms with Crippen molar-refractivity contribution in [2.75, 3.05) is 13.6 Å². The van der Waals surface area contributed by atoms with Crippen LogP contribution in [0.1, 0.15) is 45.4 Å². The van der Waals surface area contributed by atoms with E-state index >= 15 is 0 Å². The van der Waals surface area contributed by atoms with Crippen LogP contribution in [0.4, 0.5) is 0 Å². The lowest BCUT2D eigenvalue weighted by molar-refractivity contribution is 0.198. The highest BCUT2D eigenvalue weighted by Crippen LogP contribution is 2.27. The van der Waals surface area contributed by atoms with Crippen molar-refractivity contribution >= 4 is 15.9 Å². The molecule has 2 atom stereocenters. The molecule has 0 N–H and O–H groups in total. The Morgan fingerprint density at radius 2 is 2.00 bits per heavy atom. The van der Waals surface area contributed by atoms with E-state index in [1.807, 2.05) is 0 Å². The summed E-state index contributed by atoms with van der Waals surface area (Å²) in [5.41, 5.74) is 0. The molecule has 0 heterocycles. The molecule has 0 aromatic rings. The smallest absolute Gasteiger partial charge is 0.0301 e. The summed E-state index contributed by atoms with van der Waals surface area (Å²) in [6.45, 7) is 3.53. The molecule has 0 aromatic carbocycles. The number of halogens is 1. The van der Waals surface area contributed by atoms with Crippen LogP contribution in [-0.4, -0.2) is 29.4 Å². The number of rotatable bonds is 4. The maximum Gasteiger partial charge on any atom is 0.0301 e. The molecule has 1 fully saturated rings. The standard InChI is InChI=1S/C11H22BrN/c1-3-4-9-13(2)11-8-6-5-7-10(11)12/h10-11H,3-9H2,1-2H3. The summed E-state index contributed by atoms with van der Waals surface area (Å²) < 4.78 is 0. The van der Waals surface area contributed by atoms with Gasteiger partial charge in [-0.25, -0.2) is 0 Å². The fraction of sp³-hybridized carbons (Fsp3) is 1.00.